The van der Waals surface area contributed by atoms with Crippen LogP contribution in [0.4, 0.5) is 5.69 Å². The van der Waals surface area contributed by atoms with E-state index in [1.165, 1.54) is 32.3 Å². The Bertz CT molecular complexity index is 1440. The third-order valence-corrected chi connectivity index (χ3v) is 9.40. The van der Waals surface area contributed by atoms with E-state index >= 15 is 0 Å². The van der Waals surface area contributed by atoms with Crippen LogP contribution in [0.15, 0.2) is 56.6 Å². The summed E-state index contributed by atoms with van der Waals surface area (Å²) >= 11 is 0. The molecule has 0 radical (unpaired) electrons. The summed E-state index contributed by atoms with van der Waals surface area (Å²) < 4.78 is 34.4. The van der Waals surface area contributed by atoms with Gasteiger partial charge in [0, 0.05) is 63.5 Å². The fourth-order valence-corrected chi connectivity index (χ4v) is 6.79. The highest BCUT2D eigenvalue weighted by Gasteiger charge is 2.36. The molecule has 0 spiro atoms. The Morgan fingerprint density at radius 2 is 1.69 bits per heavy atom. The van der Waals surface area contributed by atoms with Crippen LogP contribution in [0.5, 0.6) is 0 Å². The first-order valence-corrected chi connectivity index (χ1v) is 13.8. The molecule has 36 heavy (non-hydrogen) atoms. The van der Waals surface area contributed by atoms with Crippen molar-refractivity contribution in [2.24, 2.45) is 13.0 Å². The van der Waals surface area contributed by atoms with Crippen LogP contribution >= 0.6 is 0 Å². The summed E-state index contributed by atoms with van der Waals surface area (Å²) in [4.78, 5) is 29.4. The summed E-state index contributed by atoms with van der Waals surface area (Å²) in [5.74, 6) is -0.591. The van der Waals surface area contributed by atoms with Crippen molar-refractivity contribution in [3.8, 4) is 0 Å². The zero-order valence-corrected chi connectivity index (χ0v) is 21.7. The van der Waals surface area contributed by atoms with Crippen molar-refractivity contribution in [3.63, 3.8) is 0 Å². The number of fused-ring (bicyclic) bond motifs is 1. The molecule has 1 atom stereocenters. The fourth-order valence-electron chi connectivity index (χ4n) is 5.30. The fraction of sp³-hybridized carbons (Fsp3) is 0.462. The van der Waals surface area contributed by atoms with Crippen molar-refractivity contribution in [1.82, 2.24) is 13.8 Å². The molecule has 9 nitrogen and oxygen atoms in total. The van der Waals surface area contributed by atoms with Crippen LogP contribution in [0.1, 0.15) is 25.3 Å². The Kier molecular flexibility index (Phi) is 6.42. The molecule has 0 bridgehead atoms. The normalized spacial score (nSPS) is 20.2. The smallest absolute Gasteiger partial charge is 0.408 e. The van der Waals surface area contributed by atoms with Gasteiger partial charge in [-0.15, -0.1) is 0 Å². The molecule has 3 aromatic rings. The van der Waals surface area contributed by atoms with E-state index < -0.39 is 15.8 Å². The standard InChI is InChI=1S/C26H32N4O5S/c1-18-4-6-21(7-5-18)30-15-14-28(17-19(30)2)25(31)20-10-12-29(13-11-20)36(33,34)22-8-9-23-24(16-22)35-26(32)27(23)3/h4-9,16,19-20H,10-15,17H2,1-3H3/t19-/m0/s1. The third kappa shape index (κ3) is 4.43. The first kappa shape index (κ1) is 24.6. The van der Waals surface area contributed by atoms with Crippen LogP contribution in [0, 0.1) is 12.8 Å². The summed E-state index contributed by atoms with van der Waals surface area (Å²) in [7, 11) is -2.17. The number of sulfonamides is 1. The molecule has 0 aliphatic carbocycles. The van der Waals surface area contributed by atoms with Crippen LogP contribution in [0.25, 0.3) is 11.1 Å². The second-order valence-corrected chi connectivity index (χ2v) is 11.8. The van der Waals surface area contributed by atoms with Crippen molar-refractivity contribution >= 4 is 32.7 Å². The molecule has 3 heterocycles. The number of piperidine rings is 1. The van der Waals surface area contributed by atoms with Crippen LogP contribution in [-0.2, 0) is 21.9 Å². The van der Waals surface area contributed by atoms with E-state index in [-0.39, 0.29) is 41.4 Å². The Hall–Kier alpha value is -3.11. The number of carbonyl (C=O) groups excluding carboxylic acids is 1. The number of nitrogens with zero attached hydrogens (tertiary/aromatic N) is 4. The molecule has 0 unspecified atom stereocenters. The number of piperazine rings is 1. The monoisotopic (exact) mass is 512 g/mol. The first-order valence-electron chi connectivity index (χ1n) is 12.4. The number of aryl methyl sites for hydroxylation is 2. The maximum absolute atomic E-state index is 13.3. The number of hydrogen-bond acceptors (Lipinski definition) is 6. The van der Waals surface area contributed by atoms with Gasteiger partial charge in [-0.05, 0) is 51.0 Å². The predicted octanol–water partition coefficient (Wildman–Crippen LogP) is 2.58. The summed E-state index contributed by atoms with van der Waals surface area (Å²) in [5.41, 5.74) is 3.18. The Morgan fingerprint density at radius 1 is 1.00 bits per heavy atom. The van der Waals surface area contributed by atoms with E-state index in [9.17, 15) is 18.0 Å². The van der Waals surface area contributed by atoms with Crippen molar-refractivity contribution in [1.29, 1.82) is 0 Å². The zero-order chi connectivity index (χ0) is 25.6. The molecule has 2 fully saturated rings. The van der Waals surface area contributed by atoms with Gasteiger partial charge in [-0.3, -0.25) is 9.36 Å². The van der Waals surface area contributed by atoms with Crippen LogP contribution in [-0.4, -0.2) is 66.9 Å². The van der Waals surface area contributed by atoms with E-state index in [2.05, 4.69) is 43.0 Å². The lowest BCUT2D eigenvalue weighted by Gasteiger charge is -2.43. The van der Waals surface area contributed by atoms with E-state index in [1.807, 2.05) is 4.90 Å². The number of anilines is 1. The quantitative estimate of drug-likeness (QED) is 0.533. The number of amides is 1. The molecule has 1 amide bonds. The highest BCUT2D eigenvalue weighted by Crippen LogP contribution is 2.28. The first-order chi connectivity index (χ1) is 17.1. The Labute approximate surface area is 210 Å². The van der Waals surface area contributed by atoms with E-state index in [1.54, 1.807) is 13.1 Å². The number of oxazole rings is 1. The average Bonchev–Trinajstić information content (AvgIpc) is 3.17. The SMILES string of the molecule is Cc1ccc(N2CCN(C(=O)C3CCN(S(=O)(=O)c4ccc5c(c4)oc(=O)n5C)CC3)C[C@@H]2C)cc1. The van der Waals surface area contributed by atoms with E-state index in [0.29, 0.717) is 31.4 Å². The molecule has 0 saturated carbocycles. The maximum atomic E-state index is 13.3. The van der Waals surface area contributed by atoms with Gasteiger partial charge >= 0.3 is 5.76 Å². The predicted molar refractivity (Wildman–Crippen MR) is 138 cm³/mol. The molecule has 1 aromatic heterocycles. The molecule has 0 N–H and O–H groups in total. The molecule has 192 valence electrons. The van der Waals surface area contributed by atoms with Crippen molar-refractivity contribution in [2.75, 3.05) is 37.6 Å². The minimum atomic E-state index is -3.75. The summed E-state index contributed by atoms with van der Waals surface area (Å²) in [6.07, 6.45) is 0.987. The minimum absolute atomic E-state index is 0.0928. The zero-order valence-electron chi connectivity index (χ0n) is 20.9. The molecular weight excluding hydrogens is 480 g/mol. The van der Waals surface area contributed by atoms with Crippen LogP contribution < -0.4 is 10.7 Å². The molecule has 2 aliphatic heterocycles. The Morgan fingerprint density at radius 3 is 2.36 bits per heavy atom. The lowest BCUT2D eigenvalue weighted by atomic mass is 9.95. The van der Waals surface area contributed by atoms with Crippen LogP contribution in [0.3, 0.4) is 0 Å². The van der Waals surface area contributed by atoms with Crippen LogP contribution in [0.2, 0.25) is 0 Å². The van der Waals surface area contributed by atoms with Crippen molar-refractivity contribution in [3.05, 3.63) is 58.6 Å². The summed E-state index contributed by atoms with van der Waals surface area (Å²) in [6, 6.07) is 13.2. The second kappa shape index (κ2) is 9.40. The lowest BCUT2D eigenvalue weighted by molar-refractivity contribution is -0.137. The van der Waals surface area contributed by atoms with Gasteiger partial charge in [-0.2, -0.15) is 4.31 Å². The summed E-state index contributed by atoms with van der Waals surface area (Å²) in [5, 5.41) is 0. The van der Waals surface area contributed by atoms with Gasteiger partial charge in [0.2, 0.25) is 15.9 Å². The number of benzene rings is 2. The molecule has 10 heteroatoms. The van der Waals surface area contributed by atoms with E-state index in [4.69, 9.17) is 4.42 Å². The lowest BCUT2D eigenvalue weighted by Crippen LogP contribution is -2.55. The van der Waals surface area contributed by atoms with Gasteiger partial charge in [0.05, 0.1) is 10.4 Å². The molecule has 2 aliphatic rings. The van der Waals surface area contributed by atoms with Crippen molar-refractivity contribution in [2.45, 2.75) is 37.6 Å². The highest BCUT2D eigenvalue weighted by atomic mass is 32.2. The average molecular weight is 513 g/mol. The van der Waals surface area contributed by atoms with Gasteiger partial charge in [-0.25, -0.2) is 13.2 Å². The molecule has 2 aromatic carbocycles. The van der Waals surface area contributed by atoms with Gasteiger partial charge in [-0.1, -0.05) is 17.7 Å². The minimum Gasteiger partial charge on any atom is -0.408 e. The number of rotatable bonds is 4. The Balaban J connectivity index is 1.21. The van der Waals surface area contributed by atoms with Gasteiger partial charge < -0.3 is 14.2 Å². The number of carbonyl (C=O) groups is 1. The number of hydrogen-bond donors (Lipinski definition) is 0. The third-order valence-electron chi connectivity index (χ3n) is 7.51. The molecular formula is C26H32N4O5S. The number of aromatic nitrogens is 1. The molecule has 2 saturated heterocycles. The van der Waals surface area contributed by atoms with Crippen molar-refractivity contribution < 1.29 is 17.6 Å². The highest BCUT2D eigenvalue weighted by molar-refractivity contribution is 7.89. The van der Waals surface area contributed by atoms with E-state index in [0.717, 1.165) is 6.54 Å². The van der Waals surface area contributed by atoms with Gasteiger partial charge in [0.15, 0.2) is 5.58 Å². The molecule has 5 rings (SSSR count). The topological polar surface area (TPSA) is 96.1 Å². The largest absolute Gasteiger partial charge is 0.419 e. The van der Waals surface area contributed by atoms with Gasteiger partial charge in [0.1, 0.15) is 0 Å². The maximum Gasteiger partial charge on any atom is 0.419 e. The summed E-state index contributed by atoms with van der Waals surface area (Å²) in [6.45, 7) is 6.89. The second-order valence-electron chi connectivity index (χ2n) is 9.90. The van der Waals surface area contributed by atoms with Gasteiger partial charge in [0.25, 0.3) is 0 Å².